The van der Waals surface area contributed by atoms with Crippen LogP contribution in [0.4, 0.5) is 0 Å². The van der Waals surface area contributed by atoms with Crippen LogP contribution in [0.2, 0.25) is 0 Å². The molecule has 2 aliphatic rings. The van der Waals surface area contributed by atoms with E-state index in [2.05, 4.69) is 142 Å². The Morgan fingerprint density at radius 3 is 1.18 bits per heavy atom. The molecular formula is C41H23N3. The van der Waals surface area contributed by atoms with Gasteiger partial charge in [-0.25, -0.2) is 15.0 Å². The number of rotatable bonds is 3. The van der Waals surface area contributed by atoms with Gasteiger partial charge in [0.25, 0.3) is 0 Å². The van der Waals surface area contributed by atoms with Gasteiger partial charge in [-0.15, -0.1) is 0 Å². The third kappa shape index (κ3) is 3.18. The molecule has 0 saturated heterocycles. The van der Waals surface area contributed by atoms with Crippen LogP contribution in [0.1, 0.15) is 0 Å². The summed E-state index contributed by atoms with van der Waals surface area (Å²) in [6.45, 7) is 0. The molecule has 0 saturated carbocycles. The van der Waals surface area contributed by atoms with Gasteiger partial charge in [-0.2, -0.15) is 0 Å². The van der Waals surface area contributed by atoms with E-state index in [1.807, 2.05) is 0 Å². The summed E-state index contributed by atoms with van der Waals surface area (Å²) in [6, 6.07) is 46.8. The summed E-state index contributed by atoms with van der Waals surface area (Å²) < 4.78 is 0. The van der Waals surface area contributed by atoms with Crippen molar-refractivity contribution in [2.45, 2.75) is 0 Å². The Labute approximate surface area is 254 Å². The van der Waals surface area contributed by atoms with Crippen LogP contribution in [0, 0.1) is 0 Å². The molecule has 0 amide bonds. The predicted octanol–water partition coefficient (Wildman–Crippen LogP) is 10.5. The molecular weight excluding hydrogens is 534 g/mol. The van der Waals surface area contributed by atoms with Crippen molar-refractivity contribution in [3.63, 3.8) is 0 Å². The van der Waals surface area contributed by atoms with Crippen LogP contribution in [0.25, 0.3) is 99.7 Å². The Balaban J connectivity index is 1.24. The van der Waals surface area contributed by atoms with Gasteiger partial charge in [-0.05, 0) is 107 Å². The van der Waals surface area contributed by atoms with Crippen LogP contribution in [-0.4, -0.2) is 15.0 Å². The standard InChI is InChI=1S/C41H23N3/c1-3-9-31-29(7-1)35-13-5-11-33-27(15-17-37(31)39(33)35)24-19-25(21-26(20-24)41-43-22-42-23-44-41)28-16-18-38-32-10-4-2-8-30(32)36-14-6-12-34(28)40(36)38/h1-23H. The number of fused-ring (bicyclic) bond motifs is 6. The Morgan fingerprint density at radius 2 is 0.705 bits per heavy atom. The fourth-order valence-corrected chi connectivity index (χ4v) is 7.58. The Morgan fingerprint density at radius 1 is 0.318 bits per heavy atom. The lowest BCUT2D eigenvalue weighted by molar-refractivity contribution is 1.06. The molecule has 202 valence electrons. The molecule has 1 aromatic heterocycles. The van der Waals surface area contributed by atoms with E-state index in [-0.39, 0.29) is 0 Å². The number of hydrogen-bond acceptors (Lipinski definition) is 3. The topological polar surface area (TPSA) is 38.7 Å². The maximum atomic E-state index is 4.55. The first kappa shape index (κ1) is 23.6. The molecule has 0 spiro atoms. The highest BCUT2D eigenvalue weighted by Crippen LogP contribution is 2.51. The van der Waals surface area contributed by atoms with Gasteiger partial charge >= 0.3 is 0 Å². The molecule has 3 heteroatoms. The first-order valence-corrected chi connectivity index (χ1v) is 14.9. The van der Waals surface area contributed by atoms with Gasteiger partial charge in [0, 0.05) is 5.56 Å². The molecule has 0 bridgehead atoms. The van der Waals surface area contributed by atoms with E-state index in [0.29, 0.717) is 5.82 Å². The van der Waals surface area contributed by atoms with Crippen LogP contribution >= 0.6 is 0 Å². The first-order valence-electron chi connectivity index (χ1n) is 14.9. The molecule has 44 heavy (non-hydrogen) atoms. The minimum Gasteiger partial charge on any atom is -0.225 e. The zero-order valence-corrected chi connectivity index (χ0v) is 23.6. The molecule has 0 unspecified atom stereocenters. The SMILES string of the molecule is c1ccc2c(c1)-c1cccc3c(-c4cc(-c5ncncn5)cc(-c5ccc6c7c(cccc57)-c5ccccc5-6)c4)ccc-2c13. The monoisotopic (exact) mass is 557 g/mol. The zero-order valence-electron chi connectivity index (χ0n) is 23.6. The van der Waals surface area contributed by atoms with Crippen LogP contribution in [0.3, 0.4) is 0 Å². The van der Waals surface area contributed by atoms with Crippen molar-refractivity contribution in [3.05, 3.63) is 140 Å². The summed E-state index contributed by atoms with van der Waals surface area (Å²) in [5.74, 6) is 0.666. The van der Waals surface area contributed by atoms with Crippen molar-refractivity contribution in [1.82, 2.24) is 15.0 Å². The Bertz CT molecular complexity index is 2280. The van der Waals surface area contributed by atoms with Gasteiger partial charge in [-0.1, -0.05) is 109 Å². The van der Waals surface area contributed by atoms with E-state index >= 15 is 0 Å². The van der Waals surface area contributed by atoms with E-state index in [1.165, 1.54) is 77.2 Å². The Hall–Kier alpha value is -5.93. The maximum Gasteiger partial charge on any atom is 0.162 e. The second-order valence-corrected chi connectivity index (χ2v) is 11.6. The van der Waals surface area contributed by atoms with Gasteiger partial charge in [0.1, 0.15) is 12.7 Å². The molecule has 0 N–H and O–H groups in total. The lowest BCUT2D eigenvalue weighted by Crippen LogP contribution is -1.93. The van der Waals surface area contributed by atoms with E-state index in [4.69, 9.17) is 0 Å². The zero-order chi connectivity index (χ0) is 28.8. The van der Waals surface area contributed by atoms with Gasteiger partial charge in [0.05, 0.1) is 0 Å². The summed E-state index contributed by atoms with van der Waals surface area (Å²) in [7, 11) is 0. The molecule has 0 atom stereocenters. The van der Waals surface area contributed by atoms with Gasteiger partial charge < -0.3 is 0 Å². The second kappa shape index (κ2) is 8.79. The fraction of sp³-hybridized carbons (Fsp3) is 0. The predicted molar refractivity (Wildman–Crippen MR) is 180 cm³/mol. The maximum absolute atomic E-state index is 4.55. The van der Waals surface area contributed by atoms with Gasteiger partial charge in [-0.3, -0.25) is 0 Å². The summed E-state index contributed by atoms with van der Waals surface area (Å²) in [4.78, 5) is 13.2. The van der Waals surface area contributed by atoms with Gasteiger partial charge in [0.2, 0.25) is 0 Å². The smallest absolute Gasteiger partial charge is 0.162 e. The lowest BCUT2D eigenvalue weighted by Gasteiger charge is -2.15. The summed E-state index contributed by atoms with van der Waals surface area (Å²) >= 11 is 0. The van der Waals surface area contributed by atoms with E-state index in [1.54, 1.807) is 12.7 Å². The van der Waals surface area contributed by atoms with E-state index < -0.39 is 0 Å². The summed E-state index contributed by atoms with van der Waals surface area (Å²) in [6.07, 6.45) is 3.14. The number of benzene rings is 7. The minimum absolute atomic E-state index is 0.666. The van der Waals surface area contributed by atoms with Crippen molar-refractivity contribution in [1.29, 1.82) is 0 Å². The third-order valence-corrected chi connectivity index (χ3v) is 9.40. The molecule has 10 rings (SSSR count). The lowest BCUT2D eigenvalue weighted by atomic mass is 9.89. The molecule has 3 nitrogen and oxygen atoms in total. The van der Waals surface area contributed by atoms with Crippen molar-refractivity contribution < 1.29 is 0 Å². The largest absolute Gasteiger partial charge is 0.225 e. The molecule has 8 aromatic rings. The van der Waals surface area contributed by atoms with Gasteiger partial charge in [0.15, 0.2) is 5.82 Å². The van der Waals surface area contributed by atoms with Crippen molar-refractivity contribution >= 4 is 21.5 Å². The van der Waals surface area contributed by atoms with E-state index in [0.717, 1.165) is 16.7 Å². The van der Waals surface area contributed by atoms with Crippen molar-refractivity contribution in [2.24, 2.45) is 0 Å². The molecule has 0 aliphatic heterocycles. The van der Waals surface area contributed by atoms with Crippen LogP contribution in [-0.2, 0) is 0 Å². The first-order chi connectivity index (χ1) is 21.8. The molecule has 0 fully saturated rings. The average Bonchev–Trinajstić information content (AvgIpc) is 3.60. The number of nitrogens with zero attached hydrogens (tertiary/aromatic N) is 3. The van der Waals surface area contributed by atoms with Crippen molar-refractivity contribution in [3.8, 4) is 78.1 Å². The Kier molecular flexibility index (Phi) is 4.72. The summed E-state index contributed by atoms with van der Waals surface area (Å²) in [5.41, 5.74) is 16.1. The molecule has 1 heterocycles. The molecule has 0 radical (unpaired) electrons. The van der Waals surface area contributed by atoms with Crippen molar-refractivity contribution in [2.75, 3.05) is 0 Å². The molecule has 2 aliphatic carbocycles. The minimum atomic E-state index is 0.666. The normalized spacial score (nSPS) is 12.1. The second-order valence-electron chi connectivity index (χ2n) is 11.6. The van der Waals surface area contributed by atoms with Crippen LogP contribution < -0.4 is 0 Å². The third-order valence-electron chi connectivity index (χ3n) is 9.40. The highest BCUT2D eigenvalue weighted by molar-refractivity contribution is 6.20. The van der Waals surface area contributed by atoms with Crippen LogP contribution in [0.5, 0.6) is 0 Å². The van der Waals surface area contributed by atoms with E-state index in [9.17, 15) is 0 Å². The number of hydrogen-bond donors (Lipinski definition) is 0. The molecule has 7 aromatic carbocycles. The highest BCUT2D eigenvalue weighted by atomic mass is 15.0. The summed E-state index contributed by atoms with van der Waals surface area (Å²) in [5, 5.41) is 5.15. The highest BCUT2D eigenvalue weighted by Gasteiger charge is 2.24. The number of aromatic nitrogens is 3. The average molecular weight is 558 g/mol. The fourth-order valence-electron chi connectivity index (χ4n) is 7.58. The van der Waals surface area contributed by atoms with Crippen LogP contribution in [0.15, 0.2) is 140 Å². The quantitative estimate of drug-likeness (QED) is 0.217.